The van der Waals surface area contributed by atoms with E-state index in [2.05, 4.69) is 16.0 Å². The van der Waals surface area contributed by atoms with E-state index in [0.717, 1.165) is 48.0 Å². The summed E-state index contributed by atoms with van der Waals surface area (Å²) in [6.45, 7) is 4.15. The van der Waals surface area contributed by atoms with E-state index in [9.17, 15) is 14.9 Å². The molecule has 3 aromatic rings. The van der Waals surface area contributed by atoms with E-state index in [1.165, 1.54) is 6.07 Å². The molecule has 0 bridgehead atoms. The zero-order valence-electron chi connectivity index (χ0n) is 21.2. The summed E-state index contributed by atoms with van der Waals surface area (Å²) in [6.07, 6.45) is 3.80. The quantitative estimate of drug-likeness (QED) is 0.313. The molecule has 190 valence electrons. The molecule has 0 unspecified atom stereocenters. The molecule has 4 rings (SSSR count). The first-order valence-electron chi connectivity index (χ1n) is 12.2. The highest BCUT2D eigenvalue weighted by atomic mass is 16.6. The molecule has 36 heavy (non-hydrogen) atoms. The Kier molecular flexibility index (Phi) is 7.52. The Morgan fingerprint density at radius 1 is 1.08 bits per heavy atom. The predicted molar refractivity (Wildman–Crippen MR) is 143 cm³/mol. The number of fused-ring (bicyclic) bond motifs is 1. The van der Waals surface area contributed by atoms with Crippen LogP contribution in [-0.2, 0) is 0 Å². The summed E-state index contributed by atoms with van der Waals surface area (Å²) in [5.74, 6) is 1.86. The highest BCUT2D eigenvalue weighted by Gasteiger charge is 2.24. The average molecular weight is 492 g/mol. The minimum atomic E-state index is -0.475. The number of rotatable bonds is 7. The van der Waals surface area contributed by atoms with Crippen LogP contribution in [0, 0.1) is 29.9 Å². The Balaban J connectivity index is 1.30. The summed E-state index contributed by atoms with van der Waals surface area (Å²) in [7, 11) is 3.96. The molecule has 1 saturated carbocycles. The summed E-state index contributed by atoms with van der Waals surface area (Å²) in [5.41, 5.74) is 2.63. The van der Waals surface area contributed by atoms with E-state index in [4.69, 9.17) is 9.97 Å². The van der Waals surface area contributed by atoms with E-state index in [1.807, 2.05) is 50.2 Å². The van der Waals surface area contributed by atoms with Crippen molar-refractivity contribution in [3.63, 3.8) is 0 Å². The Hall–Kier alpha value is -3.95. The molecular formula is C26H33N7O3. The lowest BCUT2D eigenvalue weighted by Gasteiger charge is -2.29. The number of amides is 2. The molecule has 0 saturated heterocycles. The number of anilines is 3. The molecule has 1 heterocycles. The maximum atomic E-state index is 12.5. The number of aryl methyl sites for hydroxylation is 1. The van der Waals surface area contributed by atoms with Crippen molar-refractivity contribution < 1.29 is 9.72 Å². The van der Waals surface area contributed by atoms with Crippen molar-refractivity contribution in [2.75, 3.05) is 36.2 Å². The van der Waals surface area contributed by atoms with Crippen LogP contribution in [0.15, 0.2) is 36.4 Å². The predicted octanol–water partition coefficient (Wildman–Crippen LogP) is 5.01. The molecule has 3 N–H and O–H groups in total. The van der Waals surface area contributed by atoms with Gasteiger partial charge in [-0.15, -0.1) is 0 Å². The number of nitro groups is 1. The Morgan fingerprint density at radius 3 is 2.50 bits per heavy atom. The molecule has 10 nitrogen and oxygen atoms in total. The van der Waals surface area contributed by atoms with E-state index < -0.39 is 11.0 Å². The minimum absolute atomic E-state index is 0.104. The number of benzene rings is 2. The fourth-order valence-electron chi connectivity index (χ4n) is 4.67. The molecule has 1 fully saturated rings. The van der Waals surface area contributed by atoms with Crippen LogP contribution in [0.5, 0.6) is 0 Å². The lowest BCUT2D eigenvalue weighted by atomic mass is 9.86. The number of hydrogen-bond donors (Lipinski definition) is 3. The van der Waals surface area contributed by atoms with Crippen molar-refractivity contribution in [3.8, 4) is 0 Å². The number of carbonyl (C=O) groups excluding carboxylic acids is 1. The Morgan fingerprint density at radius 2 is 1.81 bits per heavy atom. The molecule has 10 heteroatoms. The first-order valence-corrected chi connectivity index (χ1v) is 12.2. The number of nitro benzene ring substituents is 1. The van der Waals surface area contributed by atoms with Crippen LogP contribution in [0.3, 0.4) is 0 Å². The molecule has 1 aromatic heterocycles. The lowest BCUT2D eigenvalue weighted by molar-refractivity contribution is -0.384. The van der Waals surface area contributed by atoms with Gasteiger partial charge in [0.15, 0.2) is 0 Å². The largest absolute Gasteiger partial charge is 0.362 e. The summed E-state index contributed by atoms with van der Waals surface area (Å²) >= 11 is 0. The Labute approximate surface area is 210 Å². The summed E-state index contributed by atoms with van der Waals surface area (Å²) < 4.78 is 0. The lowest BCUT2D eigenvalue weighted by Crippen LogP contribution is -2.36. The molecule has 1 aliphatic carbocycles. The van der Waals surface area contributed by atoms with Gasteiger partial charge in [-0.3, -0.25) is 10.1 Å². The highest BCUT2D eigenvalue weighted by molar-refractivity contribution is 5.93. The number of urea groups is 1. The molecule has 1 aliphatic rings. The smallest absolute Gasteiger partial charge is 0.319 e. The van der Waals surface area contributed by atoms with Crippen molar-refractivity contribution in [1.29, 1.82) is 0 Å². The Bertz CT molecular complexity index is 1270. The summed E-state index contributed by atoms with van der Waals surface area (Å²) in [5, 5.41) is 21.5. The zero-order valence-corrected chi connectivity index (χ0v) is 21.2. The van der Waals surface area contributed by atoms with E-state index in [1.54, 1.807) is 13.0 Å². The first-order chi connectivity index (χ1) is 17.2. The van der Waals surface area contributed by atoms with Crippen LogP contribution in [-0.4, -0.2) is 47.6 Å². The number of nitrogens with zero attached hydrogens (tertiary/aromatic N) is 4. The molecule has 0 aliphatic heterocycles. The maximum Gasteiger partial charge on any atom is 0.319 e. The van der Waals surface area contributed by atoms with Gasteiger partial charge in [-0.05, 0) is 68.7 Å². The second-order valence-electron chi connectivity index (χ2n) is 9.64. The highest BCUT2D eigenvalue weighted by Crippen LogP contribution is 2.31. The fraction of sp³-hybridized carbons (Fsp3) is 0.423. The zero-order chi connectivity index (χ0) is 25.8. The second-order valence-corrected chi connectivity index (χ2v) is 9.64. The molecule has 0 spiro atoms. The molecule has 2 aromatic carbocycles. The van der Waals surface area contributed by atoms with Crippen LogP contribution in [0.2, 0.25) is 0 Å². The summed E-state index contributed by atoms with van der Waals surface area (Å²) in [4.78, 5) is 34.8. The van der Waals surface area contributed by atoms with E-state index >= 15 is 0 Å². The average Bonchev–Trinajstić information content (AvgIpc) is 2.85. The van der Waals surface area contributed by atoms with Gasteiger partial charge in [-0.1, -0.05) is 18.2 Å². The van der Waals surface area contributed by atoms with Crippen molar-refractivity contribution in [2.45, 2.75) is 45.6 Å². The van der Waals surface area contributed by atoms with Gasteiger partial charge in [-0.2, -0.15) is 4.98 Å². The SMILES string of the molecule is Cc1ccc([N+](=O)[O-])c(NC(=O)NCC2CCC(Nc3nc(N(C)C)c4ccccc4n3)CC2)c1C. The van der Waals surface area contributed by atoms with Gasteiger partial charge >= 0.3 is 6.03 Å². The van der Waals surface area contributed by atoms with Crippen LogP contribution in [0.25, 0.3) is 10.9 Å². The molecular weight excluding hydrogens is 458 g/mol. The summed E-state index contributed by atoms with van der Waals surface area (Å²) in [6, 6.07) is 10.9. The third kappa shape index (κ3) is 5.64. The van der Waals surface area contributed by atoms with Crippen molar-refractivity contribution in [2.24, 2.45) is 5.92 Å². The third-order valence-electron chi connectivity index (χ3n) is 6.89. The number of nitrogens with one attached hydrogen (secondary N) is 3. The first kappa shape index (κ1) is 25.2. The third-order valence-corrected chi connectivity index (χ3v) is 6.89. The molecule has 0 radical (unpaired) electrons. The van der Waals surface area contributed by atoms with Crippen LogP contribution in [0.1, 0.15) is 36.8 Å². The maximum absolute atomic E-state index is 12.5. The fourth-order valence-corrected chi connectivity index (χ4v) is 4.67. The topological polar surface area (TPSA) is 125 Å². The van der Waals surface area contributed by atoms with Gasteiger partial charge in [0.05, 0.1) is 10.4 Å². The van der Waals surface area contributed by atoms with Gasteiger partial charge in [0.2, 0.25) is 5.95 Å². The number of hydrogen-bond acceptors (Lipinski definition) is 7. The monoisotopic (exact) mass is 491 g/mol. The number of para-hydroxylation sites is 1. The number of carbonyl (C=O) groups is 1. The van der Waals surface area contributed by atoms with E-state index in [-0.39, 0.29) is 17.4 Å². The van der Waals surface area contributed by atoms with Crippen molar-refractivity contribution >= 4 is 40.1 Å². The normalized spacial score (nSPS) is 17.4. The van der Waals surface area contributed by atoms with Gasteiger partial charge in [0.25, 0.3) is 5.69 Å². The van der Waals surface area contributed by atoms with Gasteiger partial charge in [-0.25, -0.2) is 9.78 Å². The van der Waals surface area contributed by atoms with Gasteiger partial charge in [0.1, 0.15) is 11.5 Å². The van der Waals surface area contributed by atoms with Gasteiger partial charge < -0.3 is 20.9 Å². The molecule has 0 atom stereocenters. The van der Waals surface area contributed by atoms with Crippen LogP contribution in [0.4, 0.5) is 27.9 Å². The number of aromatic nitrogens is 2. The molecule has 2 amide bonds. The second kappa shape index (κ2) is 10.8. The van der Waals surface area contributed by atoms with E-state index in [0.29, 0.717) is 24.0 Å². The van der Waals surface area contributed by atoms with Gasteiger partial charge in [0, 0.05) is 38.1 Å². The van der Waals surface area contributed by atoms with Crippen molar-refractivity contribution in [1.82, 2.24) is 15.3 Å². The van der Waals surface area contributed by atoms with Crippen LogP contribution >= 0.6 is 0 Å². The standard InChI is InChI=1S/C26H33N7O3/c1-16-9-14-22(33(35)36)23(17(16)2)30-26(34)27-15-18-10-12-19(13-11-18)28-25-29-21-8-6-5-7-20(21)24(31-25)32(3)4/h5-9,14,18-19H,10-13,15H2,1-4H3,(H2,27,30,34)(H,28,29,31). The minimum Gasteiger partial charge on any atom is -0.362 e. The van der Waals surface area contributed by atoms with Crippen molar-refractivity contribution in [3.05, 3.63) is 57.6 Å². The van der Waals surface area contributed by atoms with Crippen LogP contribution < -0.4 is 20.9 Å².